The third-order valence-electron chi connectivity index (χ3n) is 5.12. The number of amides is 2. The second kappa shape index (κ2) is 8.72. The molecular formula is C22H21Cl2N5O3. The predicted molar refractivity (Wildman–Crippen MR) is 125 cm³/mol. The zero-order valence-corrected chi connectivity index (χ0v) is 19.2. The standard InChI is InChI=1S/C22H21Cl2N5O3/c1-12-26-9-14-11-28(20-18(23)16(31-2)8-17(32-3)19(20)24)22(30)29(21(14)27-12)10-13-5-4-6-15(25)7-13/h4-9H,10-11,25H2,1-3H3. The van der Waals surface area contributed by atoms with Gasteiger partial charge >= 0.3 is 6.03 Å². The first-order valence-corrected chi connectivity index (χ1v) is 10.5. The zero-order chi connectivity index (χ0) is 23.0. The van der Waals surface area contributed by atoms with Crippen molar-refractivity contribution in [3.05, 3.63) is 63.5 Å². The molecule has 3 aromatic rings. The number of halogens is 2. The van der Waals surface area contributed by atoms with Gasteiger partial charge in [0, 0.05) is 23.5 Å². The normalized spacial score (nSPS) is 13.2. The van der Waals surface area contributed by atoms with Crippen LogP contribution < -0.4 is 25.0 Å². The maximum Gasteiger partial charge on any atom is 0.330 e. The van der Waals surface area contributed by atoms with Crippen LogP contribution >= 0.6 is 23.2 Å². The monoisotopic (exact) mass is 473 g/mol. The van der Waals surface area contributed by atoms with Gasteiger partial charge in [0.2, 0.25) is 0 Å². The lowest BCUT2D eigenvalue weighted by Gasteiger charge is -2.37. The highest BCUT2D eigenvalue weighted by atomic mass is 35.5. The zero-order valence-electron chi connectivity index (χ0n) is 17.7. The van der Waals surface area contributed by atoms with Crippen molar-refractivity contribution < 1.29 is 14.3 Å². The molecule has 1 aliphatic rings. The quantitative estimate of drug-likeness (QED) is 0.532. The second-order valence-electron chi connectivity index (χ2n) is 7.22. The number of nitrogens with two attached hydrogens (primary N) is 1. The van der Waals surface area contributed by atoms with Crippen molar-refractivity contribution in [1.29, 1.82) is 0 Å². The molecule has 8 nitrogen and oxygen atoms in total. The molecule has 4 rings (SSSR count). The van der Waals surface area contributed by atoms with Crippen LogP contribution in [0.3, 0.4) is 0 Å². The molecule has 2 aromatic carbocycles. The van der Waals surface area contributed by atoms with Crippen LogP contribution in [-0.4, -0.2) is 30.2 Å². The number of anilines is 3. The number of hydrogen-bond donors (Lipinski definition) is 1. The smallest absolute Gasteiger partial charge is 0.330 e. The minimum atomic E-state index is -0.350. The van der Waals surface area contributed by atoms with E-state index >= 15 is 0 Å². The van der Waals surface area contributed by atoms with Crippen LogP contribution in [0.1, 0.15) is 17.0 Å². The highest BCUT2D eigenvalue weighted by Crippen LogP contribution is 2.48. The fourth-order valence-electron chi connectivity index (χ4n) is 3.60. The van der Waals surface area contributed by atoms with Gasteiger partial charge in [0.1, 0.15) is 33.2 Å². The van der Waals surface area contributed by atoms with Crippen molar-refractivity contribution in [3.63, 3.8) is 0 Å². The van der Waals surface area contributed by atoms with Gasteiger partial charge in [-0.2, -0.15) is 0 Å². The highest BCUT2D eigenvalue weighted by Gasteiger charge is 2.36. The number of fused-ring (bicyclic) bond motifs is 1. The number of benzene rings is 2. The van der Waals surface area contributed by atoms with Gasteiger partial charge in [-0.25, -0.2) is 14.8 Å². The van der Waals surface area contributed by atoms with E-state index in [2.05, 4.69) is 9.97 Å². The number of urea groups is 1. The summed E-state index contributed by atoms with van der Waals surface area (Å²) in [6.45, 7) is 2.20. The first kappa shape index (κ1) is 22.0. The molecule has 0 unspecified atom stereocenters. The van der Waals surface area contributed by atoms with Crippen LogP contribution in [0.5, 0.6) is 11.5 Å². The summed E-state index contributed by atoms with van der Waals surface area (Å²) in [7, 11) is 2.96. The van der Waals surface area contributed by atoms with E-state index in [0.717, 1.165) is 11.1 Å². The second-order valence-corrected chi connectivity index (χ2v) is 7.98. The lowest BCUT2D eigenvalue weighted by Crippen LogP contribution is -2.48. The summed E-state index contributed by atoms with van der Waals surface area (Å²) in [4.78, 5) is 25.6. The van der Waals surface area contributed by atoms with E-state index in [4.69, 9.17) is 38.4 Å². The molecule has 2 N–H and O–H groups in total. The number of nitrogen functional groups attached to an aromatic ring is 1. The van der Waals surface area contributed by atoms with E-state index in [0.29, 0.717) is 34.5 Å². The molecular weight excluding hydrogens is 453 g/mol. The summed E-state index contributed by atoms with van der Waals surface area (Å²) in [5.41, 5.74) is 8.42. The number of nitrogens with zero attached hydrogens (tertiary/aromatic N) is 4. The minimum absolute atomic E-state index is 0.178. The van der Waals surface area contributed by atoms with Crippen molar-refractivity contribution >= 4 is 46.4 Å². The Bertz CT molecular complexity index is 1180. The topological polar surface area (TPSA) is 93.8 Å². The van der Waals surface area contributed by atoms with Crippen LogP contribution in [0.15, 0.2) is 36.5 Å². The molecule has 2 amide bonds. The lowest BCUT2D eigenvalue weighted by atomic mass is 10.1. The Kier molecular flexibility index (Phi) is 5.99. The van der Waals surface area contributed by atoms with Crippen LogP contribution in [0.25, 0.3) is 0 Å². The Hall–Kier alpha value is -3.23. The Morgan fingerprint density at radius 3 is 2.44 bits per heavy atom. The molecule has 0 bridgehead atoms. The molecule has 0 fully saturated rings. The fourth-order valence-corrected chi connectivity index (χ4v) is 4.31. The van der Waals surface area contributed by atoms with E-state index in [-0.39, 0.29) is 29.2 Å². The molecule has 0 spiro atoms. The number of ether oxygens (including phenoxy) is 2. The summed E-state index contributed by atoms with van der Waals surface area (Å²) < 4.78 is 10.7. The van der Waals surface area contributed by atoms with Crippen LogP contribution in [0.4, 0.5) is 22.0 Å². The van der Waals surface area contributed by atoms with Crippen molar-refractivity contribution in [1.82, 2.24) is 9.97 Å². The fraction of sp³-hybridized carbons (Fsp3) is 0.227. The van der Waals surface area contributed by atoms with Crippen LogP contribution in [0, 0.1) is 6.92 Å². The van der Waals surface area contributed by atoms with Gasteiger partial charge in [-0.05, 0) is 24.6 Å². The first-order valence-electron chi connectivity index (χ1n) is 9.70. The van der Waals surface area contributed by atoms with Crippen molar-refractivity contribution in [2.24, 2.45) is 0 Å². The van der Waals surface area contributed by atoms with Gasteiger partial charge in [-0.1, -0.05) is 35.3 Å². The average Bonchev–Trinajstić information content (AvgIpc) is 2.77. The summed E-state index contributed by atoms with van der Waals surface area (Å²) in [5, 5.41) is 0.402. The summed E-state index contributed by atoms with van der Waals surface area (Å²) in [6, 6.07) is 8.56. The van der Waals surface area contributed by atoms with Crippen LogP contribution in [-0.2, 0) is 13.1 Å². The van der Waals surface area contributed by atoms with Gasteiger partial charge in [-0.3, -0.25) is 9.80 Å². The molecule has 0 radical (unpaired) electrons. The van der Waals surface area contributed by atoms with Gasteiger partial charge in [-0.15, -0.1) is 0 Å². The minimum Gasteiger partial charge on any atom is -0.495 e. The average molecular weight is 474 g/mol. The molecule has 166 valence electrons. The third-order valence-corrected chi connectivity index (χ3v) is 5.85. The SMILES string of the molecule is COc1cc(OC)c(Cl)c(N2Cc3cnc(C)nc3N(Cc3cccc(N)c3)C2=O)c1Cl. The lowest BCUT2D eigenvalue weighted by molar-refractivity contribution is 0.249. The molecule has 0 aliphatic carbocycles. The molecule has 0 saturated carbocycles. The Balaban J connectivity index is 1.86. The largest absolute Gasteiger partial charge is 0.495 e. The Labute approximate surface area is 195 Å². The molecule has 1 aliphatic heterocycles. The molecule has 1 aromatic heterocycles. The van der Waals surface area contributed by atoms with E-state index < -0.39 is 0 Å². The van der Waals surface area contributed by atoms with Crippen LogP contribution in [0.2, 0.25) is 10.0 Å². The van der Waals surface area contributed by atoms with E-state index in [9.17, 15) is 4.79 Å². The van der Waals surface area contributed by atoms with Gasteiger partial charge in [0.15, 0.2) is 0 Å². The third kappa shape index (κ3) is 3.87. The predicted octanol–water partition coefficient (Wildman–Crippen LogP) is 4.84. The molecule has 10 heteroatoms. The number of rotatable bonds is 5. The van der Waals surface area contributed by atoms with E-state index in [1.807, 2.05) is 18.2 Å². The first-order chi connectivity index (χ1) is 15.3. The van der Waals surface area contributed by atoms with E-state index in [1.165, 1.54) is 19.1 Å². The van der Waals surface area contributed by atoms with Gasteiger partial charge in [0.05, 0.1) is 33.0 Å². The molecule has 2 heterocycles. The maximum atomic E-state index is 13.8. The number of methoxy groups -OCH3 is 2. The van der Waals surface area contributed by atoms with Crippen molar-refractivity contribution in [2.75, 3.05) is 29.8 Å². The van der Waals surface area contributed by atoms with Gasteiger partial charge < -0.3 is 15.2 Å². The molecule has 0 saturated heterocycles. The number of aromatic nitrogens is 2. The van der Waals surface area contributed by atoms with Crippen molar-refractivity contribution in [3.8, 4) is 11.5 Å². The summed E-state index contributed by atoms with van der Waals surface area (Å²) in [6.07, 6.45) is 1.70. The summed E-state index contributed by atoms with van der Waals surface area (Å²) >= 11 is 13.2. The Morgan fingerprint density at radius 1 is 1.12 bits per heavy atom. The summed E-state index contributed by atoms with van der Waals surface area (Å²) in [5.74, 6) is 1.76. The highest BCUT2D eigenvalue weighted by molar-refractivity contribution is 6.42. The van der Waals surface area contributed by atoms with Crippen molar-refractivity contribution in [2.45, 2.75) is 20.0 Å². The van der Waals surface area contributed by atoms with Gasteiger partial charge in [0.25, 0.3) is 0 Å². The number of aryl methyl sites for hydroxylation is 1. The maximum absolute atomic E-state index is 13.8. The number of carbonyl (C=O) groups excluding carboxylic acids is 1. The molecule has 32 heavy (non-hydrogen) atoms. The van der Waals surface area contributed by atoms with E-state index in [1.54, 1.807) is 30.2 Å². The Morgan fingerprint density at radius 2 is 1.81 bits per heavy atom. The number of carbonyl (C=O) groups is 1. The number of hydrogen-bond acceptors (Lipinski definition) is 6. The molecule has 0 atom stereocenters.